The molecular weight excluding hydrogens is 382 g/mol. The average Bonchev–Trinajstić information content (AvgIpc) is 3.03. The fourth-order valence-electron chi connectivity index (χ4n) is 3.26. The highest BCUT2D eigenvalue weighted by Crippen LogP contribution is 2.28. The second-order valence-electron chi connectivity index (χ2n) is 6.78. The van der Waals surface area contributed by atoms with Crippen LogP contribution in [0.1, 0.15) is 47.0 Å². The lowest BCUT2D eigenvalue weighted by Gasteiger charge is -2.14. The minimum atomic E-state index is -0.510. The predicted octanol–water partition coefficient (Wildman–Crippen LogP) is 2.52. The van der Waals surface area contributed by atoms with Crippen molar-refractivity contribution in [2.45, 2.75) is 6.54 Å². The van der Waals surface area contributed by atoms with Gasteiger partial charge in [-0.25, -0.2) is 4.90 Å². The van der Waals surface area contributed by atoms with Crippen LogP contribution >= 0.6 is 0 Å². The SMILES string of the molecule is NC(=O)c1ccc(CNC(=O)c2ccc(N3C(=O)c4ccccc4C3=O)cc2)cc1. The average molecular weight is 399 g/mol. The molecule has 0 spiro atoms. The summed E-state index contributed by atoms with van der Waals surface area (Å²) in [6.07, 6.45) is 0. The number of hydrogen-bond donors (Lipinski definition) is 2. The minimum absolute atomic E-state index is 0.276. The van der Waals surface area contributed by atoms with Gasteiger partial charge in [-0.3, -0.25) is 19.2 Å². The number of nitrogens with zero attached hydrogens (tertiary/aromatic N) is 1. The Bertz CT molecular complexity index is 1130. The minimum Gasteiger partial charge on any atom is -0.366 e. The lowest BCUT2D eigenvalue weighted by molar-refractivity contribution is 0.0922. The molecule has 4 rings (SSSR count). The number of nitrogens with two attached hydrogens (primary N) is 1. The molecule has 4 amide bonds. The first-order valence-electron chi connectivity index (χ1n) is 9.20. The summed E-state index contributed by atoms with van der Waals surface area (Å²) in [4.78, 5) is 49.7. The van der Waals surface area contributed by atoms with Gasteiger partial charge in [0.15, 0.2) is 0 Å². The summed E-state index contributed by atoms with van der Waals surface area (Å²) in [6.45, 7) is 0.276. The molecule has 0 aromatic heterocycles. The van der Waals surface area contributed by atoms with E-state index in [1.807, 2.05) is 0 Å². The van der Waals surface area contributed by atoms with Gasteiger partial charge >= 0.3 is 0 Å². The number of primary amides is 1. The van der Waals surface area contributed by atoms with Crippen molar-refractivity contribution in [3.8, 4) is 0 Å². The third kappa shape index (κ3) is 3.44. The molecule has 1 heterocycles. The van der Waals surface area contributed by atoms with Crippen molar-refractivity contribution >= 4 is 29.3 Å². The highest BCUT2D eigenvalue weighted by molar-refractivity contribution is 6.34. The van der Waals surface area contributed by atoms with E-state index in [0.29, 0.717) is 27.9 Å². The smallest absolute Gasteiger partial charge is 0.266 e. The molecule has 0 fully saturated rings. The Morgan fingerprint density at radius 2 is 1.30 bits per heavy atom. The Labute approximate surface area is 172 Å². The molecule has 1 aliphatic heterocycles. The fourth-order valence-corrected chi connectivity index (χ4v) is 3.26. The molecule has 7 nitrogen and oxygen atoms in total. The summed E-state index contributed by atoms with van der Waals surface area (Å²) >= 11 is 0. The van der Waals surface area contributed by atoms with Gasteiger partial charge in [-0.15, -0.1) is 0 Å². The maximum absolute atomic E-state index is 12.5. The number of hydrogen-bond acceptors (Lipinski definition) is 4. The van der Waals surface area contributed by atoms with E-state index >= 15 is 0 Å². The normalized spacial score (nSPS) is 12.6. The second-order valence-corrected chi connectivity index (χ2v) is 6.78. The Kier molecular flexibility index (Phi) is 4.85. The van der Waals surface area contributed by atoms with Crippen LogP contribution < -0.4 is 16.0 Å². The number of anilines is 1. The quantitative estimate of drug-likeness (QED) is 0.643. The zero-order chi connectivity index (χ0) is 21.3. The zero-order valence-corrected chi connectivity index (χ0v) is 15.8. The van der Waals surface area contributed by atoms with Crippen LogP contribution in [0.3, 0.4) is 0 Å². The van der Waals surface area contributed by atoms with Gasteiger partial charge in [0.2, 0.25) is 5.91 Å². The predicted molar refractivity (Wildman–Crippen MR) is 110 cm³/mol. The summed E-state index contributed by atoms with van der Waals surface area (Å²) in [5.74, 6) is -1.58. The molecule has 3 N–H and O–H groups in total. The van der Waals surface area contributed by atoms with Crippen molar-refractivity contribution in [2.24, 2.45) is 5.73 Å². The number of carbonyl (C=O) groups excluding carboxylic acids is 4. The van der Waals surface area contributed by atoms with E-state index in [1.54, 1.807) is 72.8 Å². The van der Waals surface area contributed by atoms with Gasteiger partial charge in [0.05, 0.1) is 16.8 Å². The summed E-state index contributed by atoms with van der Waals surface area (Å²) in [5.41, 5.74) is 7.95. The monoisotopic (exact) mass is 399 g/mol. The van der Waals surface area contributed by atoms with E-state index in [1.165, 1.54) is 0 Å². The van der Waals surface area contributed by atoms with Gasteiger partial charge in [-0.05, 0) is 54.1 Å². The van der Waals surface area contributed by atoms with Crippen molar-refractivity contribution in [3.63, 3.8) is 0 Å². The van der Waals surface area contributed by atoms with Gasteiger partial charge in [0.1, 0.15) is 0 Å². The highest BCUT2D eigenvalue weighted by Gasteiger charge is 2.36. The van der Waals surface area contributed by atoms with Crippen LogP contribution in [-0.2, 0) is 6.54 Å². The number of benzene rings is 3. The number of imide groups is 1. The number of carbonyl (C=O) groups is 4. The topological polar surface area (TPSA) is 110 Å². The lowest BCUT2D eigenvalue weighted by atomic mass is 10.1. The van der Waals surface area contributed by atoms with Crippen molar-refractivity contribution in [1.29, 1.82) is 0 Å². The molecule has 148 valence electrons. The number of amides is 4. The lowest BCUT2D eigenvalue weighted by Crippen LogP contribution is -2.29. The first-order valence-corrected chi connectivity index (χ1v) is 9.20. The molecule has 0 atom stereocenters. The third-order valence-corrected chi connectivity index (χ3v) is 4.87. The largest absolute Gasteiger partial charge is 0.366 e. The first-order chi connectivity index (χ1) is 14.5. The van der Waals surface area contributed by atoms with Crippen molar-refractivity contribution in [1.82, 2.24) is 5.32 Å². The van der Waals surface area contributed by atoms with E-state index in [-0.39, 0.29) is 24.3 Å². The summed E-state index contributed by atoms with van der Waals surface area (Å²) in [5, 5.41) is 2.78. The third-order valence-electron chi connectivity index (χ3n) is 4.87. The molecule has 0 saturated heterocycles. The highest BCUT2D eigenvalue weighted by atomic mass is 16.2. The Balaban J connectivity index is 1.43. The van der Waals surface area contributed by atoms with Gasteiger partial charge < -0.3 is 11.1 Å². The van der Waals surface area contributed by atoms with E-state index < -0.39 is 5.91 Å². The fraction of sp³-hybridized carbons (Fsp3) is 0.0435. The van der Waals surface area contributed by atoms with Gasteiger partial charge in [-0.1, -0.05) is 24.3 Å². The molecule has 0 unspecified atom stereocenters. The molecule has 3 aromatic rings. The summed E-state index contributed by atoms with van der Waals surface area (Å²) < 4.78 is 0. The van der Waals surface area contributed by atoms with Crippen LogP contribution in [0.2, 0.25) is 0 Å². The molecule has 0 bridgehead atoms. The Morgan fingerprint density at radius 3 is 1.83 bits per heavy atom. The van der Waals surface area contributed by atoms with Crippen LogP contribution in [0.4, 0.5) is 5.69 Å². The van der Waals surface area contributed by atoms with Gasteiger partial charge in [0, 0.05) is 17.7 Å². The molecule has 0 aliphatic carbocycles. The number of fused-ring (bicyclic) bond motifs is 1. The van der Waals surface area contributed by atoms with Crippen LogP contribution in [-0.4, -0.2) is 23.6 Å². The maximum atomic E-state index is 12.5. The summed E-state index contributed by atoms with van der Waals surface area (Å²) in [7, 11) is 0. The molecule has 30 heavy (non-hydrogen) atoms. The van der Waals surface area contributed by atoms with E-state index in [4.69, 9.17) is 5.73 Å². The van der Waals surface area contributed by atoms with Crippen molar-refractivity contribution in [2.75, 3.05) is 4.90 Å². The van der Waals surface area contributed by atoms with E-state index in [0.717, 1.165) is 10.5 Å². The van der Waals surface area contributed by atoms with Crippen molar-refractivity contribution < 1.29 is 19.2 Å². The molecule has 0 saturated carbocycles. The Hall–Kier alpha value is -4.26. The van der Waals surface area contributed by atoms with Crippen LogP contribution in [0.25, 0.3) is 0 Å². The van der Waals surface area contributed by atoms with Crippen molar-refractivity contribution in [3.05, 3.63) is 101 Å². The van der Waals surface area contributed by atoms with Gasteiger partial charge in [-0.2, -0.15) is 0 Å². The first kappa shape index (κ1) is 19.1. The second kappa shape index (κ2) is 7.63. The molecule has 7 heteroatoms. The standard InChI is InChI=1S/C23H17N3O4/c24-20(27)15-7-5-14(6-8-15)13-25-21(28)16-9-11-17(12-10-16)26-22(29)18-3-1-2-4-19(18)23(26)30/h1-12H,13H2,(H2,24,27)(H,25,28). The number of nitrogens with one attached hydrogen (secondary N) is 1. The van der Waals surface area contributed by atoms with Crippen LogP contribution in [0.5, 0.6) is 0 Å². The molecule has 0 radical (unpaired) electrons. The van der Waals surface area contributed by atoms with Gasteiger partial charge in [0.25, 0.3) is 17.7 Å². The van der Waals surface area contributed by atoms with Crippen LogP contribution in [0.15, 0.2) is 72.8 Å². The van der Waals surface area contributed by atoms with E-state index in [9.17, 15) is 19.2 Å². The maximum Gasteiger partial charge on any atom is 0.266 e. The summed E-state index contributed by atoms with van der Waals surface area (Å²) in [6, 6.07) is 19.5. The molecule has 3 aromatic carbocycles. The molecular formula is C23H17N3O4. The van der Waals surface area contributed by atoms with E-state index in [2.05, 4.69) is 5.32 Å². The zero-order valence-electron chi connectivity index (χ0n) is 15.8. The molecule has 1 aliphatic rings. The Morgan fingerprint density at radius 1 is 0.767 bits per heavy atom. The number of rotatable bonds is 5. The van der Waals surface area contributed by atoms with Crippen LogP contribution in [0, 0.1) is 0 Å².